The number of aromatic amines is 3. The molecule has 4 aliphatic rings. The van der Waals surface area contributed by atoms with E-state index in [1.807, 2.05) is 186 Å². The largest absolute Gasteiger partial charge is 0.386 e. The number of aliphatic hydroxyl groups is 2. The van der Waals surface area contributed by atoms with Gasteiger partial charge in [-0.15, -0.1) is 0 Å². The van der Waals surface area contributed by atoms with E-state index in [1.165, 1.54) is 35.3 Å². The molecule has 0 spiro atoms. The fourth-order valence-electron chi connectivity index (χ4n) is 12.7. The molecule has 3 aliphatic heterocycles. The van der Waals surface area contributed by atoms with Gasteiger partial charge in [-0.25, -0.2) is 29.9 Å². The monoisotopic (exact) mass is 1540 g/mol. The topological polar surface area (TPSA) is 313 Å². The number of carbonyl (C=O) groups excluding carboxylic acids is 3. The number of nitrogens with one attached hydrogen (secondary N) is 7. The Bertz CT molecular complexity index is 5000. The number of aryl methyl sites for hydroxylation is 3. The Balaban J connectivity index is 0.000000357. The molecule has 6 aromatic heterocycles. The number of rotatable bonds is 26. The summed E-state index contributed by atoms with van der Waals surface area (Å²) in [4.78, 5) is 74.2. The number of amides is 1. The quantitative estimate of drug-likeness (QED) is 0.0228. The number of anilines is 10. The van der Waals surface area contributed by atoms with Gasteiger partial charge in [0.2, 0.25) is 0 Å². The van der Waals surface area contributed by atoms with E-state index in [0.717, 1.165) is 110 Å². The molecule has 3 saturated heterocycles. The van der Waals surface area contributed by atoms with Crippen LogP contribution >= 0.6 is 46.9 Å². The Labute approximate surface area is 659 Å². The first kappa shape index (κ1) is 76.1. The highest BCUT2D eigenvalue weighted by Crippen LogP contribution is 2.46. The zero-order valence-electron chi connectivity index (χ0n) is 61.6. The van der Waals surface area contributed by atoms with Crippen molar-refractivity contribution in [3.8, 4) is 11.1 Å². The van der Waals surface area contributed by atoms with Gasteiger partial charge in [-0.2, -0.15) is 15.3 Å². The second-order valence-electron chi connectivity index (χ2n) is 29.0. The molecular formula is C80H106ClN19O5S3. The van der Waals surface area contributed by atoms with Crippen molar-refractivity contribution in [1.29, 1.82) is 0 Å². The lowest BCUT2D eigenvalue weighted by Gasteiger charge is -2.49. The molecule has 0 bridgehead atoms. The third-order valence-electron chi connectivity index (χ3n) is 18.4. The third kappa shape index (κ3) is 20.5. The van der Waals surface area contributed by atoms with E-state index >= 15 is 0 Å². The third-order valence-corrected chi connectivity index (χ3v) is 21.3. The van der Waals surface area contributed by atoms with Gasteiger partial charge in [0.15, 0.2) is 32.9 Å². The predicted molar refractivity (Wildman–Crippen MR) is 447 cm³/mol. The van der Waals surface area contributed by atoms with E-state index < -0.39 is 11.2 Å². The Morgan fingerprint density at radius 3 is 1.33 bits per heavy atom. The van der Waals surface area contributed by atoms with Crippen LogP contribution in [0.2, 0.25) is 5.02 Å². The van der Waals surface area contributed by atoms with Crippen molar-refractivity contribution in [1.82, 2.24) is 60.5 Å². The van der Waals surface area contributed by atoms with Crippen molar-refractivity contribution in [2.45, 2.75) is 148 Å². The minimum Gasteiger partial charge on any atom is -0.386 e. The van der Waals surface area contributed by atoms with E-state index in [9.17, 15) is 24.6 Å². The number of Topliss-reactive ketones (excluding diaryl/α,β-unsaturated/α-hetero) is 2. The summed E-state index contributed by atoms with van der Waals surface area (Å²) in [7, 11) is 0. The van der Waals surface area contributed by atoms with Crippen LogP contribution < -0.4 is 36.0 Å². The number of carbonyl (C=O) groups is 3. The van der Waals surface area contributed by atoms with Crippen molar-refractivity contribution in [3.05, 3.63) is 197 Å². The van der Waals surface area contributed by atoms with Gasteiger partial charge in [0.05, 0.1) is 23.7 Å². The van der Waals surface area contributed by atoms with Crippen molar-refractivity contribution in [2.75, 3.05) is 75.2 Å². The van der Waals surface area contributed by atoms with Gasteiger partial charge in [0.1, 0.15) is 57.7 Å². The molecule has 9 N–H and O–H groups in total. The second kappa shape index (κ2) is 33.5. The smallest absolute Gasteiger partial charge is 0.257 e. The van der Waals surface area contributed by atoms with Gasteiger partial charge in [-0.3, -0.25) is 29.7 Å². The number of aromatic nitrogens is 12. The number of ketones is 2. The van der Waals surface area contributed by atoms with Gasteiger partial charge in [0, 0.05) is 139 Å². The SMILES string of the molecule is CCC(=O)Cc1ccc(Sc2nc(Nc3cc(C)[nH]n3)cc(N3CC(O)(C4CC4)C3)n2)cc1.CCC(=O)Cc1ccc(Sc2nc(Nc3cc(C)[nH]n3)cc(N3CC(O)(CC(C)(C)C)C3)n2)cc1.Cc1cc(Nc2cc(N3CCC3)nc(Sc3ccc(NC(=O)c4ccc(-c5ccccc5)cc4Cl)cc3)n2)n[nH]1.[HH].[HH].[HH].[HH].[HH].[HH].[HH].[HH].[HH]. The molecule has 4 fully saturated rings. The molecule has 0 radical (unpaired) electrons. The number of halogens is 1. The van der Waals surface area contributed by atoms with Crippen LogP contribution in [0.15, 0.2) is 188 Å². The van der Waals surface area contributed by atoms with E-state index in [0.29, 0.717) is 124 Å². The van der Waals surface area contributed by atoms with Gasteiger partial charge in [-0.1, -0.05) is 107 Å². The van der Waals surface area contributed by atoms with E-state index in [-0.39, 0.29) is 35.7 Å². The van der Waals surface area contributed by atoms with Gasteiger partial charge >= 0.3 is 0 Å². The summed E-state index contributed by atoms with van der Waals surface area (Å²) in [6.07, 6.45) is 6.12. The normalized spacial score (nSPS) is 14.8. The van der Waals surface area contributed by atoms with Crippen LogP contribution in [0.5, 0.6) is 0 Å². The highest BCUT2D eigenvalue weighted by atomic mass is 35.5. The maximum atomic E-state index is 12.9. The molecular weight excluding hydrogens is 1440 g/mol. The first-order valence-corrected chi connectivity index (χ1v) is 39.0. The van der Waals surface area contributed by atoms with E-state index in [4.69, 9.17) is 36.5 Å². The van der Waals surface area contributed by atoms with E-state index in [1.54, 1.807) is 6.07 Å². The highest BCUT2D eigenvalue weighted by molar-refractivity contribution is 7.99. The number of hydrogen-bond donors (Lipinski definition) is 9. The van der Waals surface area contributed by atoms with Crippen LogP contribution in [0, 0.1) is 32.1 Å². The zero-order chi connectivity index (χ0) is 75.7. The number of benzene rings is 5. The van der Waals surface area contributed by atoms with Crippen LogP contribution in [0.25, 0.3) is 11.1 Å². The molecule has 0 atom stereocenters. The lowest BCUT2D eigenvalue weighted by molar-refractivity contribution is -0.118. The summed E-state index contributed by atoms with van der Waals surface area (Å²) >= 11 is 10.9. The van der Waals surface area contributed by atoms with Crippen molar-refractivity contribution in [3.63, 3.8) is 0 Å². The first-order valence-electron chi connectivity index (χ1n) is 36.2. The summed E-state index contributed by atoms with van der Waals surface area (Å²) in [5, 5.41) is 58.2. The summed E-state index contributed by atoms with van der Waals surface area (Å²) in [5.74, 6) is 7.12. The molecule has 576 valence electrons. The van der Waals surface area contributed by atoms with Crippen LogP contribution in [-0.2, 0) is 22.4 Å². The molecule has 1 aliphatic carbocycles. The Kier molecular flexibility index (Phi) is 23.6. The van der Waals surface area contributed by atoms with Crippen molar-refractivity contribution < 1.29 is 37.4 Å². The summed E-state index contributed by atoms with van der Waals surface area (Å²) in [5.41, 5.74) is 6.73. The molecule has 0 unspecified atom stereocenters. The van der Waals surface area contributed by atoms with E-state index in [2.05, 4.69) is 92.3 Å². The summed E-state index contributed by atoms with van der Waals surface area (Å²) in [6.45, 7) is 20.3. The average Bonchev–Trinajstić information content (AvgIpc) is 1.74. The Morgan fingerprint density at radius 1 is 0.528 bits per heavy atom. The number of H-pyrrole nitrogens is 3. The molecule has 9 heterocycles. The van der Waals surface area contributed by atoms with Crippen LogP contribution in [0.4, 0.5) is 58.0 Å². The molecule has 108 heavy (non-hydrogen) atoms. The van der Waals surface area contributed by atoms with Gasteiger partial charge in [-0.05, 0) is 176 Å². The second-order valence-corrected chi connectivity index (χ2v) is 32.6. The lowest BCUT2D eigenvalue weighted by atomic mass is 9.78. The molecule has 11 aromatic rings. The zero-order valence-corrected chi connectivity index (χ0v) is 64.8. The fraction of sp³-hybridized carbons (Fsp3) is 0.325. The van der Waals surface area contributed by atoms with Crippen LogP contribution in [0.3, 0.4) is 0 Å². The van der Waals surface area contributed by atoms with Crippen LogP contribution in [-0.4, -0.2) is 139 Å². The molecule has 1 amide bonds. The van der Waals surface area contributed by atoms with Gasteiger partial charge in [0.25, 0.3) is 5.91 Å². The number of nitrogens with zero attached hydrogens (tertiary/aromatic N) is 12. The number of hydrogen-bond acceptors (Lipinski definition) is 23. The Hall–Kier alpha value is -10.2. The van der Waals surface area contributed by atoms with Crippen molar-refractivity contribution >= 4 is 122 Å². The van der Waals surface area contributed by atoms with Crippen LogP contribution in [0.1, 0.15) is 125 Å². The average molecular weight is 1550 g/mol. The van der Waals surface area contributed by atoms with Crippen molar-refractivity contribution in [2.24, 2.45) is 11.3 Å². The minimum absolute atomic E-state index is 0. The fourth-order valence-corrected chi connectivity index (χ4v) is 15.3. The molecule has 15 rings (SSSR count). The maximum absolute atomic E-state index is 12.9. The lowest BCUT2D eigenvalue weighted by Crippen LogP contribution is -2.63. The molecule has 28 heteroatoms. The maximum Gasteiger partial charge on any atom is 0.257 e. The summed E-state index contributed by atoms with van der Waals surface area (Å²) in [6, 6.07) is 50.4. The standard InChI is InChI=1S/C30H26ClN7OS.C26H34N6O2S.C24H28N6O2S.9H2/c1-19-16-27(37-36-19)33-26-18-28(38-14-5-15-38)35-30(34-26)40-23-11-9-22(10-12-23)32-29(39)24-13-8-21(17-25(24)31)20-6-3-2-4-7-20;1-6-19(33)12-18-7-9-20(10-8-18)35-24-28-21(27-22-11-17(2)30-31-22)13-23(29-24)32-15-26(34,16-32)14-25(3,4)5;1-3-18(31)11-16-4-8-19(9-5-16)33-23-26-20(25-21-10-15(2)28-29-21)12-22(27-23)30-13-24(32,14-30)17-6-7-17;;;;;;;;;/h2-4,6-13,16-18H,5,14-15H2,1H3,(H,32,39)(H2,33,34,35,36,37);7-11,13,34H,6,12,14-16H2,1-5H3,(H2,27,28,29,30,31);4-5,8-10,12,17,32H,3,6-7,11,13-14H2,1-2H3,(H2,25,26,27,28,29);9*1H. The van der Waals surface area contributed by atoms with Gasteiger partial charge < -0.3 is 46.2 Å². The summed E-state index contributed by atoms with van der Waals surface area (Å²) < 4.78 is 0. The predicted octanol–water partition coefficient (Wildman–Crippen LogP) is 18.2. The molecule has 5 aromatic carbocycles. The molecule has 24 nitrogen and oxygen atoms in total. The minimum atomic E-state index is -0.713. The first-order chi connectivity index (χ1) is 51.9. The highest BCUT2D eigenvalue weighted by Gasteiger charge is 2.52. The number of β-amino-alcohol motifs (C(OH)–C–C–N with tert-alkyl or cyclic N) is 2. The molecule has 1 saturated carbocycles. The Morgan fingerprint density at radius 2 is 0.954 bits per heavy atom.